The topological polar surface area (TPSA) is 69.4 Å². The summed E-state index contributed by atoms with van der Waals surface area (Å²) < 4.78 is 6.13. The Labute approximate surface area is 155 Å². The predicted octanol–water partition coefficient (Wildman–Crippen LogP) is 4.99. The minimum atomic E-state index is -0.576. The lowest BCUT2D eigenvalue weighted by atomic mass is 9.89. The van der Waals surface area contributed by atoms with Crippen LogP contribution >= 0.6 is 0 Å². The van der Waals surface area contributed by atoms with E-state index in [-0.39, 0.29) is 11.5 Å². The van der Waals surface area contributed by atoms with Crippen LogP contribution in [-0.4, -0.2) is 10.7 Å². The van der Waals surface area contributed by atoms with Crippen LogP contribution in [0.25, 0.3) is 6.08 Å². The highest BCUT2D eigenvalue weighted by atomic mass is 16.6. The Hall–Kier alpha value is -3.73. The molecular formula is C22H15NO4. The zero-order chi connectivity index (χ0) is 18.8. The number of ketones is 1. The van der Waals surface area contributed by atoms with E-state index in [1.54, 1.807) is 36.4 Å². The molecular weight excluding hydrogens is 342 g/mol. The number of fused-ring (bicyclic) bond motifs is 1. The van der Waals surface area contributed by atoms with Gasteiger partial charge in [-0.2, -0.15) is 0 Å². The van der Waals surface area contributed by atoms with Gasteiger partial charge in [-0.05, 0) is 29.3 Å². The smallest absolute Gasteiger partial charge is 0.270 e. The summed E-state index contributed by atoms with van der Waals surface area (Å²) in [7, 11) is 0. The maximum Gasteiger partial charge on any atom is 0.270 e. The van der Waals surface area contributed by atoms with E-state index in [0.717, 1.165) is 5.56 Å². The summed E-state index contributed by atoms with van der Waals surface area (Å²) in [5, 5.41) is 11.1. The molecule has 0 bridgehead atoms. The highest BCUT2D eigenvalue weighted by molar-refractivity contribution is 6.14. The largest absolute Gasteiger partial charge is 0.480 e. The minimum Gasteiger partial charge on any atom is -0.480 e. The summed E-state index contributed by atoms with van der Waals surface area (Å²) in [5.41, 5.74) is 2.33. The molecule has 27 heavy (non-hydrogen) atoms. The van der Waals surface area contributed by atoms with Crippen LogP contribution in [0.1, 0.15) is 27.6 Å². The second kappa shape index (κ2) is 6.88. The molecule has 5 heteroatoms. The highest BCUT2D eigenvalue weighted by Crippen LogP contribution is 2.39. The number of nitro benzene ring substituents is 1. The molecule has 0 amide bonds. The van der Waals surface area contributed by atoms with Gasteiger partial charge in [0.1, 0.15) is 5.75 Å². The average molecular weight is 357 g/mol. The first kappa shape index (κ1) is 16.7. The van der Waals surface area contributed by atoms with Gasteiger partial charge in [-0.3, -0.25) is 14.9 Å². The number of hydrogen-bond donors (Lipinski definition) is 0. The van der Waals surface area contributed by atoms with Gasteiger partial charge in [0.2, 0.25) is 0 Å². The Morgan fingerprint density at radius 2 is 1.67 bits per heavy atom. The molecule has 1 atom stereocenters. The fourth-order valence-electron chi connectivity index (χ4n) is 3.15. The van der Waals surface area contributed by atoms with Gasteiger partial charge in [0, 0.05) is 17.7 Å². The fraction of sp³-hybridized carbons (Fsp3) is 0.0455. The van der Waals surface area contributed by atoms with Crippen LogP contribution in [0, 0.1) is 10.1 Å². The molecule has 0 saturated carbocycles. The molecule has 1 heterocycles. The first-order chi connectivity index (χ1) is 13.1. The van der Waals surface area contributed by atoms with Gasteiger partial charge in [0.05, 0.1) is 10.5 Å². The van der Waals surface area contributed by atoms with Gasteiger partial charge < -0.3 is 4.74 Å². The lowest BCUT2D eigenvalue weighted by Crippen LogP contribution is -2.23. The van der Waals surface area contributed by atoms with E-state index in [9.17, 15) is 14.9 Å². The molecule has 0 aromatic heterocycles. The number of Topliss-reactive ketones (excluding diaryl/α,β-unsaturated/α-hetero) is 1. The van der Waals surface area contributed by atoms with Crippen molar-refractivity contribution in [3.63, 3.8) is 0 Å². The highest BCUT2D eigenvalue weighted by Gasteiger charge is 2.32. The first-order valence-electron chi connectivity index (χ1n) is 8.45. The van der Waals surface area contributed by atoms with Crippen LogP contribution in [0.4, 0.5) is 5.69 Å². The molecule has 1 aliphatic heterocycles. The van der Waals surface area contributed by atoms with E-state index in [0.29, 0.717) is 22.4 Å². The van der Waals surface area contributed by atoms with Crippen molar-refractivity contribution in [2.45, 2.75) is 6.10 Å². The standard InChI is InChI=1S/C22H15NO4/c24-21-18-11-4-5-12-20(18)27-22(16-8-2-1-3-9-16)19(21)14-15-7-6-10-17(13-15)23(25)26/h1-14,22H/b19-14+. The van der Waals surface area contributed by atoms with Gasteiger partial charge in [-0.1, -0.05) is 54.6 Å². The lowest BCUT2D eigenvalue weighted by molar-refractivity contribution is -0.384. The third-order valence-electron chi connectivity index (χ3n) is 4.43. The quantitative estimate of drug-likeness (QED) is 0.376. The van der Waals surface area contributed by atoms with E-state index < -0.39 is 11.0 Å². The molecule has 132 valence electrons. The number of carbonyl (C=O) groups excluding carboxylic acids is 1. The van der Waals surface area contributed by atoms with Crippen LogP contribution < -0.4 is 4.74 Å². The van der Waals surface area contributed by atoms with Crippen LogP contribution in [-0.2, 0) is 0 Å². The number of non-ortho nitro benzene ring substituents is 1. The Morgan fingerprint density at radius 3 is 2.44 bits per heavy atom. The number of nitro groups is 1. The zero-order valence-corrected chi connectivity index (χ0v) is 14.2. The molecule has 1 aliphatic rings. The summed E-state index contributed by atoms with van der Waals surface area (Å²) >= 11 is 0. The third kappa shape index (κ3) is 3.22. The predicted molar refractivity (Wildman–Crippen MR) is 102 cm³/mol. The normalized spacial score (nSPS) is 17.3. The average Bonchev–Trinajstić information content (AvgIpc) is 2.71. The third-order valence-corrected chi connectivity index (χ3v) is 4.43. The molecule has 0 radical (unpaired) electrons. The number of nitrogens with zero attached hydrogens (tertiary/aromatic N) is 1. The summed E-state index contributed by atoms with van der Waals surface area (Å²) in [6, 6.07) is 22.8. The number of carbonyl (C=O) groups is 1. The summed E-state index contributed by atoms with van der Waals surface area (Å²) in [6.45, 7) is 0. The van der Waals surface area contributed by atoms with E-state index in [4.69, 9.17) is 4.74 Å². The van der Waals surface area contributed by atoms with E-state index in [1.807, 2.05) is 36.4 Å². The van der Waals surface area contributed by atoms with Crippen molar-refractivity contribution in [2.75, 3.05) is 0 Å². The fourth-order valence-corrected chi connectivity index (χ4v) is 3.15. The Bertz CT molecular complexity index is 1060. The van der Waals surface area contributed by atoms with Crippen molar-refractivity contribution >= 4 is 17.5 Å². The second-order valence-corrected chi connectivity index (χ2v) is 6.19. The van der Waals surface area contributed by atoms with E-state index in [1.165, 1.54) is 12.1 Å². The number of ether oxygens (including phenoxy) is 1. The Morgan fingerprint density at radius 1 is 0.926 bits per heavy atom. The maximum absolute atomic E-state index is 13.1. The zero-order valence-electron chi connectivity index (χ0n) is 14.2. The summed E-state index contributed by atoms with van der Waals surface area (Å²) in [5.74, 6) is 0.393. The minimum absolute atomic E-state index is 0.0230. The second-order valence-electron chi connectivity index (χ2n) is 6.19. The molecule has 3 aromatic rings. The van der Waals surface area contributed by atoms with Gasteiger partial charge in [0.25, 0.3) is 5.69 Å². The van der Waals surface area contributed by atoms with Gasteiger partial charge in [-0.25, -0.2) is 0 Å². The molecule has 3 aromatic carbocycles. The summed E-state index contributed by atoms with van der Waals surface area (Å²) in [6.07, 6.45) is 1.09. The molecule has 0 aliphatic carbocycles. The number of para-hydroxylation sites is 1. The van der Waals surface area contributed by atoms with Crippen molar-refractivity contribution in [1.82, 2.24) is 0 Å². The SMILES string of the molecule is O=C1/C(=C\c2cccc([N+](=O)[O-])c2)C(c2ccccc2)Oc2ccccc21. The van der Waals surface area contributed by atoms with E-state index in [2.05, 4.69) is 0 Å². The molecule has 0 saturated heterocycles. The molecule has 4 rings (SSSR count). The van der Waals surface area contributed by atoms with Crippen molar-refractivity contribution in [2.24, 2.45) is 0 Å². The molecule has 0 fully saturated rings. The lowest BCUT2D eigenvalue weighted by Gasteiger charge is -2.28. The molecule has 5 nitrogen and oxygen atoms in total. The first-order valence-corrected chi connectivity index (χ1v) is 8.45. The number of hydrogen-bond acceptors (Lipinski definition) is 4. The van der Waals surface area contributed by atoms with Crippen LogP contribution in [0.2, 0.25) is 0 Å². The number of benzene rings is 3. The van der Waals surface area contributed by atoms with Crippen molar-refractivity contribution in [3.05, 3.63) is 111 Å². The Kier molecular flexibility index (Phi) is 4.26. The molecule has 0 spiro atoms. The molecule has 1 unspecified atom stereocenters. The van der Waals surface area contributed by atoms with E-state index >= 15 is 0 Å². The van der Waals surface area contributed by atoms with Crippen LogP contribution in [0.5, 0.6) is 5.75 Å². The maximum atomic E-state index is 13.1. The van der Waals surface area contributed by atoms with Crippen molar-refractivity contribution in [3.8, 4) is 5.75 Å². The summed E-state index contributed by atoms with van der Waals surface area (Å²) in [4.78, 5) is 23.7. The Balaban J connectivity index is 1.85. The van der Waals surface area contributed by atoms with Gasteiger partial charge in [0.15, 0.2) is 11.9 Å². The van der Waals surface area contributed by atoms with Crippen molar-refractivity contribution < 1.29 is 14.5 Å². The monoisotopic (exact) mass is 357 g/mol. The molecule has 0 N–H and O–H groups in total. The van der Waals surface area contributed by atoms with Gasteiger partial charge in [-0.15, -0.1) is 0 Å². The van der Waals surface area contributed by atoms with Crippen LogP contribution in [0.3, 0.4) is 0 Å². The van der Waals surface area contributed by atoms with Crippen molar-refractivity contribution in [1.29, 1.82) is 0 Å². The number of rotatable bonds is 3. The van der Waals surface area contributed by atoms with Gasteiger partial charge >= 0.3 is 0 Å². The van der Waals surface area contributed by atoms with Crippen LogP contribution in [0.15, 0.2) is 84.4 Å².